The number of anilines is 3. The lowest BCUT2D eigenvalue weighted by atomic mass is 10.3. The maximum Gasteiger partial charge on any atom is 0.333 e. The van der Waals surface area contributed by atoms with Crippen molar-refractivity contribution >= 4 is 23.4 Å². The summed E-state index contributed by atoms with van der Waals surface area (Å²) in [7, 11) is 0. The summed E-state index contributed by atoms with van der Waals surface area (Å²) in [5.41, 5.74) is 0.697. The molecule has 0 spiro atoms. The van der Waals surface area contributed by atoms with E-state index in [0.29, 0.717) is 17.3 Å². The van der Waals surface area contributed by atoms with Gasteiger partial charge in [0.2, 0.25) is 0 Å². The fourth-order valence-electron chi connectivity index (χ4n) is 1.93. The maximum absolute atomic E-state index is 12.6. The highest BCUT2D eigenvalue weighted by Crippen LogP contribution is 2.21. The van der Waals surface area contributed by atoms with Crippen LogP contribution < -0.4 is 10.2 Å². The van der Waals surface area contributed by atoms with Gasteiger partial charge in [0.1, 0.15) is 18.0 Å². The first-order valence-electron chi connectivity index (χ1n) is 6.68. The number of amides is 2. The number of para-hydroxylation sites is 1. The number of carbonyl (C=O) groups excluding carboxylic acids is 1. The van der Waals surface area contributed by atoms with Crippen LogP contribution in [0, 0.1) is 0 Å². The number of rotatable bonds is 3. The molecule has 0 bridgehead atoms. The number of benzene rings is 1. The zero-order valence-electron chi connectivity index (χ0n) is 11.6. The minimum Gasteiger partial charge on any atom is -0.307 e. The average molecular weight is 291 g/mol. The molecule has 0 saturated heterocycles. The highest BCUT2D eigenvalue weighted by Gasteiger charge is 2.20. The summed E-state index contributed by atoms with van der Waals surface area (Å²) >= 11 is 0. The van der Waals surface area contributed by atoms with Crippen LogP contribution >= 0.6 is 0 Å². The van der Waals surface area contributed by atoms with Gasteiger partial charge in [-0.1, -0.05) is 24.3 Å². The van der Waals surface area contributed by atoms with Gasteiger partial charge in [-0.25, -0.2) is 24.6 Å². The largest absolute Gasteiger partial charge is 0.333 e. The molecule has 2 heterocycles. The van der Waals surface area contributed by atoms with Gasteiger partial charge in [-0.3, -0.25) is 0 Å². The van der Waals surface area contributed by atoms with Crippen LogP contribution in [0.15, 0.2) is 73.3 Å². The first kappa shape index (κ1) is 13.7. The Morgan fingerprint density at radius 1 is 0.864 bits per heavy atom. The summed E-state index contributed by atoms with van der Waals surface area (Å²) in [6.45, 7) is 0. The molecule has 6 nitrogen and oxygen atoms in total. The predicted octanol–water partition coefficient (Wildman–Crippen LogP) is 3.24. The second-order valence-corrected chi connectivity index (χ2v) is 4.39. The Bertz CT molecular complexity index is 695. The molecule has 22 heavy (non-hydrogen) atoms. The smallest absolute Gasteiger partial charge is 0.307 e. The lowest BCUT2D eigenvalue weighted by Crippen LogP contribution is -2.32. The number of nitrogens with zero attached hydrogens (tertiary/aromatic N) is 4. The third kappa shape index (κ3) is 3.06. The zero-order chi connectivity index (χ0) is 15.2. The summed E-state index contributed by atoms with van der Waals surface area (Å²) in [5, 5.41) is 2.83. The van der Waals surface area contributed by atoms with Crippen LogP contribution in [0.5, 0.6) is 0 Å². The van der Waals surface area contributed by atoms with Crippen molar-refractivity contribution in [2.45, 2.75) is 0 Å². The Kier molecular flexibility index (Phi) is 4.01. The quantitative estimate of drug-likeness (QED) is 0.804. The third-order valence-electron chi connectivity index (χ3n) is 2.90. The Morgan fingerprint density at radius 2 is 1.64 bits per heavy atom. The first-order chi connectivity index (χ1) is 10.8. The maximum atomic E-state index is 12.6. The summed E-state index contributed by atoms with van der Waals surface area (Å²) in [5.74, 6) is 0.928. The summed E-state index contributed by atoms with van der Waals surface area (Å²) < 4.78 is 0. The Hall–Kier alpha value is -3.28. The first-order valence-corrected chi connectivity index (χ1v) is 6.68. The molecular weight excluding hydrogens is 278 g/mol. The Morgan fingerprint density at radius 3 is 2.32 bits per heavy atom. The van der Waals surface area contributed by atoms with Gasteiger partial charge < -0.3 is 5.32 Å². The van der Waals surface area contributed by atoms with Crippen molar-refractivity contribution in [1.29, 1.82) is 0 Å². The normalized spacial score (nSPS) is 10.0. The topological polar surface area (TPSA) is 71.0 Å². The molecule has 1 aromatic carbocycles. The number of carbonyl (C=O) groups is 1. The van der Waals surface area contributed by atoms with Gasteiger partial charge >= 0.3 is 6.03 Å². The number of aromatic nitrogens is 3. The standard InChI is InChI=1S/C16H13N5O/c22-16(20-13-6-2-1-3-7-13)21(14-8-4-5-10-18-14)15-9-11-17-12-19-15/h1-12H,(H,20,22). The molecule has 6 heteroatoms. The van der Waals surface area contributed by atoms with Crippen molar-refractivity contribution in [3.63, 3.8) is 0 Å². The molecule has 3 aromatic rings. The summed E-state index contributed by atoms with van der Waals surface area (Å²) in [6, 6.07) is 15.9. The summed E-state index contributed by atoms with van der Waals surface area (Å²) in [6.07, 6.45) is 4.59. The molecule has 3 rings (SSSR count). The van der Waals surface area contributed by atoms with Crippen LogP contribution in [0.1, 0.15) is 0 Å². The molecule has 0 radical (unpaired) electrons. The lowest BCUT2D eigenvalue weighted by molar-refractivity contribution is 0.258. The van der Waals surface area contributed by atoms with Crippen molar-refractivity contribution < 1.29 is 4.79 Å². The van der Waals surface area contributed by atoms with E-state index >= 15 is 0 Å². The van der Waals surface area contributed by atoms with Gasteiger partial charge in [0.25, 0.3) is 0 Å². The predicted molar refractivity (Wildman–Crippen MR) is 83.9 cm³/mol. The molecule has 0 fully saturated rings. The van der Waals surface area contributed by atoms with Crippen molar-refractivity contribution in [3.8, 4) is 0 Å². The molecule has 0 aliphatic carbocycles. The van der Waals surface area contributed by atoms with Gasteiger partial charge in [-0.15, -0.1) is 0 Å². The van der Waals surface area contributed by atoms with Crippen LogP contribution in [0.3, 0.4) is 0 Å². The van der Waals surface area contributed by atoms with E-state index in [2.05, 4.69) is 20.3 Å². The van der Waals surface area contributed by atoms with Crippen LogP contribution in [0.25, 0.3) is 0 Å². The number of pyridine rings is 1. The SMILES string of the molecule is O=C(Nc1ccccc1)N(c1ccccn1)c1ccncn1. The van der Waals surface area contributed by atoms with E-state index in [-0.39, 0.29) is 6.03 Å². The van der Waals surface area contributed by atoms with E-state index in [1.165, 1.54) is 11.2 Å². The zero-order valence-corrected chi connectivity index (χ0v) is 11.6. The van der Waals surface area contributed by atoms with Gasteiger partial charge in [0.05, 0.1) is 0 Å². The molecule has 0 saturated carbocycles. The van der Waals surface area contributed by atoms with Crippen LogP contribution in [0.4, 0.5) is 22.1 Å². The molecule has 0 aliphatic heterocycles. The fourth-order valence-corrected chi connectivity index (χ4v) is 1.93. The molecule has 2 amide bonds. The second-order valence-electron chi connectivity index (χ2n) is 4.39. The van der Waals surface area contributed by atoms with Crippen molar-refractivity contribution in [3.05, 3.63) is 73.3 Å². The van der Waals surface area contributed by atoms with Gasteiger partial charge in [-0.2, -0.15) is 0 Å². The molecule has 1 N–H and O–H groups in total. The number of hydrogen-bond acceptors (Lipinski definition) is 4. The van der Waals surface area contributed by atoms with Crippen molar-refractivity contribution in [2.24, 2.45) is 0 Å². The monoisotopic (exact) mass is 291 g/mol. The molecule has 0 unspecified atom stereocenters. The van der Waals surface area contributed by atoms with Crippen LogP contribution in [-0.4, -0.2) is 21.0 Å². The van der Waals surface area contributed by atoms with Crippen LogP contribution in [0.2, 0.25) is 0 Å². The molecular formula is C16H13N5O. The molecule has 2 aromatic heterocycles. The average Bonchev–Trinajstić information content (AvgIpc) is 2.58. The number of nitrogens with one attached hydrogen (secondary N) is 1. The Balaban J connectivity index is 1.94. The molecule has 108 valence electrons. The second kappa shape index (κ2) is 6.45. The number of hydrogen-bond donors (Lipinski definition) is 1. The minimum absolute atomic E-state index is 0.344. The van der Waals surface area contributed by atoms with E-state index in [4.69, 9.17) is 0 Å². The highest BCUT2D eigenvalue weighted by atomic mass is 16.2. The highest BCUT2D eigenvalue weighted by molar-refractivity contribution is 6.05. The van der Waals surface area contributed by atoms with Crippen molar-refractivity contribution in [2.75, 3.05) is 10.2 Å². The van der Waals surface area contributed by atoms with E-state index in [1.807, 2.05) is 36.4 Å². The van der Waals surface area contributed by atoms with E-state index in [1.54, 1.807) is 30.6 Å². The third-order valence-corrected chi connectivity index (χ3v) is 2.90. The van der Waals surface area contributed by atoms with Gasteiger partial charge in [-0.05, 0) is 30.3 Å². The lowest BCUT2D eigenvalue weighted by Gasteiger charge is -2.20. The van der Waals surface area contributed by atoms with E-state index < -0.39 is 0 Å². The summed E-state index contributed by atoms with van der Waals surface area (Å²) in [4.78, 5) is 26.3. The molecule has 0 atom stereocenters. The fraction of sp³-hybridized carbons (Fsp3) is 0. The van der Waals surface area contributed by atoms with Gasteiger partial charge in [0, 0.05) is 18.1 Å². The number of urea groups is 1. The minimum atomic E-state index is -0.344. The Labute approximate surface area is 127 Å². The van der Waals surface area contributed by atoms with E-state index in [0.717, 1.165) is 0 Å². The van der Waals surface area contributed by atoms with Gasteiger partial charge in [0.15, 0.2) is 0 Å². The van der Waals surface area contributed by atoms with Crippen molar-refractivity contribution in [1.82, 2.24) is 15.0 Å². The van der Waals surface area contributed by atoms with E-state index in [9.17, 15) is 4.79 Å². The molecule has 0 aliphatic rings. The van der Waals surface area contributed by atoms with Crippen LogP contribution in [-0.2, 0) is 0 Å².